The Bertz CT molecular complexity index is 1040. The third-order valence-corrected chi connectivity index (χ3v) is 6.70. The number of nitrogens with zero attached hydrogens (tertiary/aromatic N) is 4. The van der Waals surface area contributed by atoms with Crippen molar-refractivity contribution in [2.45, 2.75) is 57.7 Å². The van der Waals surface area contributed by atoms with E-state index in [1.165, 1.54) is 18.5 Å². The molecule has 1 saturated heterocycles. The maximum Gasteiger partial charge on any atom is 0.181 e. The Morgan fingerprint density at radius 1 is 0.968 bits per heavy atom. The minimum absolute atomic E-state index is 0.158. The van der Waals surface area contributed by atoms with E-state index in [0.29, 0.717) is 12.2 Å². The second-order valence-corrected chi connectivity index (χ2v) is 8.94. The van der Waals surface area contributed by atoms with Crippen molar-refractivity contribution in [3.05, 3.63) is 59.4 Å². The summed E-state index contributed by atoms with van der Waals surface area (Å²) in [6.07, 6.45) is 0.995. The van der Waals surface area contributed by atoms with E-state index in [4.69, 9.17) is 10.1 Å². The number of aromatic nitrogens is 3. The number of hydrogen-bond acceptors (Lipinski definition) is 4. The van der Waals surface area contributed by atoms with E-state index in [0.717, 1.165) is 41.3 Å². The molecule has 2 fully saturated rings. The van der Waals surface area contributed by atoms with Crippen LogP contribution in [-0.4, -0.2) is 45.2 Å². The number of alkyl halides is 1. The molecule has 3 aromatic rings. The zero-order valence-corrected chi connectivity index (χ0v) is 18.1. The van der Waals surface area contributed by atoms with Crippen LogP contribution in [0.3, 0.4) is 0 Å². The molecule has 1 aromatic heterocycles. The van der Waals surface area contributed by atoms with Crippen LogP contribution in [0.4, 0.5) is 10.1 Å². The number of aryl methyl sites for hydroxylation is 2. The normalized spacial score (nSPS) is 23.6. The molecule has 1 unspecified atom stereocenters. The highest BCUT2D eigenvalue weighted by molar-refractivity contribution is 5.61. The molecule has 6 heteroatoms. The molecule has 0 amide bonds. The highest BCUT2D eigenvalue weighted by Gasteiger charge is 2.37. The molecule has 31 heavy (non-hydrogen) atoms. The Labute approximate surface area is 182 Å². The molecule has 162 valence electrons. The van der Waals surface area contributed by atoms with Gasteiger partial charge >= 0.3 is 0 Å². The van der Waals surface area contributed by atoms with E-state index in [1.54, 1.807) is 0 Å². The minimum Gasteiger partial charge on any atom is -0.390 e. The summed E-state index contributed by atoms with van der Waals surface area (Å²) >= 11 is 0. The second-order valence-electron chi connectivity index (χ2n) is 8.94. The summed E-state index contributed by atoms with van der Waals surface area (Å²) in [5, 5.41) is 14.9. The maximum absolute atomic E-state index is 14.2. The van der Waals surface area contributed by atoms with Gasteiger partial charge in [0.2, 0.25) is 0 Å². The van der Waals surface area contributed by atoms with Crippen molar-refractivity contribution >= 4 is 5.69 Å². The van der Waals surface area contributed by atoms with Crippen molar-refractivity contribution in [2.75, 3.05) is 18.0 Å². The van der Waals surface area contributed by atoms with Gasteiger partial charge in [-0.2, -0.15) is 0 Å². The third kappa shape index (κ3) is 3.74. The molecule has 1 saturated carbocycles. The fourth-order valence-electron chi connectivity index (χ4n) is 4.99. The lowest BCUT2D eigenvalue weighted by Crippen LogP contribution is -2.17. The first kappa shape index (κ1) is 20.2. The van der Waals surface area contributed by atoms with Crippen LogP contribution in [0.1, 0.15) is 48.6 Å². The van der Waals surface area contributed by atoms with Crippen molar-refractivity contribution in [1.29, 1.82) is 0 Å². The summed E-state index contributed by atoms with van der Waals surface area (Å²) in [7, 11) is 0. The zero-order valence-electron chi connectivity index (χ0n) is 18.1. The molecule has 2 aliphatic rings. The average molecular weight is 421 g/mol. The lowest BCUT2D eigenvalue weighted by atomic mass is 10.1. The number of benzene rings is 2. The molecule has 0 bridgehead atoms. The van der Waals surface area contributed by atoms with Gasteiger partial charge in [0, 0.05) is 30.3 Å². The van der Waals surface area contributed by atoms with Gasteiger partial charge in [0.05, 0.1) is 11.8 Å². The molecule has 0 radical (unpaired) electrons. The van der Waals surface area contributed by atoms with E-state index >= 15 is 0 Å². The van der Waals surface area contributed by atoms with E-state index in [1.807, 2.05) is 10.7 Å². The minimum atomic E-state index is -1.21. The molecule has 1 aliphatic heterocycles. The standard InChI is InChI=1S/C25H29FN4O/c1-16-6-5-7-17(2)23(16)30-25(19-14-21(26)22(31)15-19)27-24(28-30)18-8-10-20(11-9-18)29-12-3-4-13-29/h5-11,19,21-22,31H,3-4,12-15H2,1-2H3/t19?,21-,22-/m1/s1. The monoisotopic (exact) mass is 420 g/mol. The van der Waals surface area contributed by atoms with Gasteiger partial charge in [-0.3, -0.25) is 0 Å². The van der Waals surface area contributed by atoms with Gasteiger partial charge in [-0.15, -0.1) is 5.10 Å². The summed E-state index contributed by atoms with van der Waals surface area (Å²) in [5.41, 5.74) is 5.36. The van der Waals surface area contributed by atoms with E-state index in [2.05, 4.69) is 55.1 Å². The van der Waals surface area contributed by atoms with Crippen LogP contribution in [0.25, 0.3) is 17.1 Å². The molecule has 5 rings (SSSR count). The van der Waals surface area contributed by atoms with Gasteiger partial charge in [-0.1, -0.05) is 18.2 Å². The van der Waals surface area contributed by atoms with Gasteiger partial charge in [0.15, 0.2) is 5.82 Å². The van der Waals surface area contributed by atoms with E-state index < -0.39 is 12.3 Å². The third-order valence-electron chi connectivity index (χ3n) is 6.70. The molecule has 3 atom stereocenters. The summed E-state index contributed by atoms with van der Waals surface area (Å²) in [4.78, 5) is 7.28. The van der Waals surface area contributed by atoms with E-state index in [9.17, 15) is 9.50 Å². The quantitative estimate of drug-likeness (QED) is 0.663. The van der Waals surface area contributed by atoms with Gasteiger partial charge in [-0.05, 0) is 74.9 Å². The van der Waals surface area contributed by atoms with Gasteiger partial charge in [0.1, 0.15) is 12.0 Å². The first-order chi connectivity index (χ1) is 15.0. The summed E-state index contributed by atoms with van der Waals surface area (Å²) in [5.74, 6) is 1.21. The number of anilines is 1. The Morgan fingerprint density at radius 2 is 1.65 bits per heavy atom. The first-order valence-corrected chi connectivity index (χ1v) is 11.2. The highest BCUT2D eigenvalue weighted by atomic mass is 19.1. The van der Waals surface area contributed by atoms with Crippen LogP contribution in [0.15, 0.2) is 42.5 Å². The number of aliphatic hydroxyl groups is 1. The molecular weight excluding hydrogens is 391 g/mol. The average Bonchev–Trinajstić information content (AvgIpc) is 3.49. The second kappa shape index (κ2) is 8.08. The number of aliphatic hydroxyl groups excluding tert-OH is 1. The zero-order chi connectivity index (χ0) is 21.5. The predicted molar refractivity (Wildman–Crippen MR) is 121 cm³/mol. The Kier molecular flexibility index (Phi) is 5.26. The van der Waals surface area contributed by atoms with Gasteiger partial charge in [0.25, 0.3) is 0 Å². The highest BCUT2D eigenvalue weighted by Crippen LogP contribution is 2.38. The lowest BCUT2D eigenvalue weighted by Gasteiger charge is -2.17. The Hall–Kier alpha value is -2.73. The molecule has 5 nitrogen and oxygen atoms in total. The Morgan fingerprint density at radius 3 is 2.26 bits per heavy atom. The topological polar surface area (TPSA) is 54.2 Å². The molecule has 1 aliphatic carbocycles. The predicted octanol–water partition coefficient (Wildman–Crippen LogP) is 4.73. The molecule has 2 heterocycles. The molecule has 1 N–H and O–H groups in total. The van der Waals surface area contributed by atoms with Crippen LogP contribution >= 0.6 is 0 Å². The summed E-state index contributed by atoms with van der Waals surface area (Å²) in [6, 6.07) is 14.6. The fraction of sp³-hybridized carbons (Fsp3) is 0.440. The largest absolute Gasteiger partial charge is 0.390 e. The fourth-order valence-corrected chi connectivity index (χ4v) is 4.99. The van der Waals surface area contributed by atoms with Crippen molar-refractivity contribution < 1.29 is 9.50 Å². The summed E-state index contributed by atoms with van der Waals surface area (Å²) < 4.78 is 16.0. The van der Waals surface area contributed by atoms with Gasteiger partial charge in [-0.25, -0.2) is 14.1 Å². The SMILES string of the molecule is Cc1cccc(C)c1-n1nc(-c2ccc(N3CCCC3)cc2)nc1C1C[C@@H](O)[C@H](F)C1. The van der Waals surface area contributed by atoms with Crippen LogP contribution < -0.4 is 4.90 Å². The first-order valence-electron chi connectivity index (χ1n) is 11.2. The van der Waals surface area contributed by atoms with Crippen LogP contribution in [0, 0.1) is 13.8 Å². The van der Waals surface area contributed by atoms with Crippen molar-refractivity contribution in [3.63, 3.8) is 0 Å². The number of rotatable bonds is 4. The maximum atomic E-state index is 14.2. The van der Waals surface area contributed by atoms with Crippen molar-refractivity contribution in [1.82, 2.24) is 14.8 Å². The number of hydrogen-bond donors (Lipinski definition) is 1. The van der Waals surface area contributed by atoms with E-state index in [-0.39, 0.29) is 12.3 Å². The molecule has 0 spiro atoms. The van der Waals surface area contributed by atoms with Crippen LogP contribution in [-0.2, 0) is 0 Å². The number of para-hydroxylation sites is 1. The van der Waals surface area contributed by atoms with Gasteiger partial charge < -0.3 is 10.0 Å². The lowest BCUT2D eigenvalue weighted by molar-refractivity contribution is 0.103. The van der Waals surface area contributed by atoms with Crippen molar-refractivity contribution in [3.8, 4) is 17.1 Å². The van der Waals surface area contributed by atoms with Crippen LogP contribution in [0.2, 0.25) is 0 Å². The number of halogens is 1. The van der Waals surface area contributed by atoms with Crippen LogP contribution in [0.5, 0.6) is 0 Å². The van der Waals surface area contributed by atoms with Crippen molar-refractivity contribution in [2.24, 2.45) is 0 Å². The Balaban J connectivity index is 1.56. The smallest absolute Gasteiger partial charge is 0.181 e. The summed E-state index contributed by atoms with van der Waals surface area (Å²) in [6.45, 7) is 6.33. The molecule has 2 aromatic carbocycles. The molecular formula is C25H29FN4O.